The zero-order valence-electron chi connectivity index (χ0n) is 6.50. The van der Waals surface area contributed by atoms with Gasteiger partial charge in [0.05, 0.1) is 11.8 Å². The molecule has 0 spiro atoms. The van der Waals surface area contributed by atoms with E-state index in [0.717, 1.165) is 6.20 Å². The van der Waals surface area contributed by atoms with Gasteiger partial charge in [0.15, 0.2) is 0 Å². The van der Waals surface area contributed by atoms with Gasteiger partial charge < -0.3 is 5.11 Å². The Balaban J connectivity index is 3.14. The Kier molecular flexibility index (Phi) is 1.91. The molecule has 0 fully saturated rings. The lowest BCUT2D eigenvalue weighted by molar-refractivity contribution is 0.0744. The van der Waals surface area contributed by atoms with E-state index in [-0.39, 0.29) is 5.56 Å². The molecule has 0 saturated carbocycles. The van der Waals surface area contributed by atoms with Crippen molar-refractivity contribution in [2.45, 2.75) is 19.4 Å². The van der Waals surface area contributed by atoms with E-state index in [1.807, 2.05) is 0 Å². The van der Waals surface area contributed by atoms with Gasteiger partial charge in [0, 0.05) is 11.8 Å². The molecule has 0 radical (unpaired) electrons. The first-order valence-corrected chi connectivity index (χ1v) is 3.34. The molecule has 3 heteroatoms. The average Bonchev–Trinajstić information content (AvgIpc) is 1.86. The fourth-order valence-electron chi connectivity index (χ4n) is 0.871. The van der Waals surface area contributed by atoms with Crippen LogP contribution in [0.25, 0.3) is 0 Å². The molecule has 1 N–H and O–H groups in total. The van der Waals surface area contributed by atoms with Gasteiger partial charge >= 0.3 is 0 Å². The van der Waals surface area contributed by atoms with Gasteiger partial charge in [-0.2, -0.15) is 0 Å². The van der Waals surface area contributed by atoms with Crippen LogP contribution < -0.4 is 0 Å². The van der Waals surface area contributed by atoms with Crippen LogP contribution in [0.15, 0.2) is 18.5 Å². The molecule has 1 rings (SSSR count). The van der Waals surface area contributed by atoms with Crippen LogP contribution in [0.4, 0.5) is 4.39 Å². The molecule has 0 bridgehead atoms. The number of halogens is 1. The number of aliphatic hydroxyl groups is 1. The van der Waals surface area contributed by atoms with Crippen molar-refractivity contribution in [3.8, 4) is 0 Å². The second-order valence-electron chi connectivity index (χ2n) is 2.91. The van der Waals surface area contributed by atoms with E-state index in [2.05, 4.69) is 4.98 Å². The highest BCUT2D eigenvalue weighted by molar-refractivity contribution is 5.18. The first-order chi connectivity index (χ1) is 5.02. The number of hydrogen-bond donors (Lipinski definition) is 1. The SMILES string of the molecule is CC(C)(O)c1ccncc1F. The predicted octanol–water partition coefficient (Wildman–Crippen LogP) is 1.45. The van der Waals surface area contributed by atoms with Crippen molar-refractivity contribution < 1.29 is 9.50 Å². The number of nitrogens with zero attached hydrogens (tertiary/aromatic N) is 1. The van der Waals surface area contributed by atoms with Crippen LogP contribution in [-0.4, -0.2) is 10.1 Å². The zero-order valence-corrected chi connectivity index (χ0v) is 6.50. The third-order valence-corrected chi connectivity index (χ3v) is 1.43. The second kappa shape index (κ2) is 2.58. The van der Waals surface area contributed by atoms with Gasteiger partial charge in [-0.15, -0.1) is 0 Å². The Bertz CT molecular complexity index is 255. The van der Waals surface area contributed by atoms with Crippen LogP contribution >= 0.6 is 0 Å². The van der Waals surface area contributed by atoms with Crippen LogP contribution in [-0.2, 0) is 5.60 Å². The molecule has 1 aromatic rings. The van der Waals surface area contributed by atoms with Gasteiger partial charge in [0.2, 0.25) is 0 Å². The monoisotopic (exact) mass is 155 g/mol. The maximum absolute atomic E-state index is 12.9. The summed E-state index contributed by atoms with van der Waals surface area (Å²) in [6, 6.07) is 1.47. The van der Waals surface area contributed by atoms with Crippen LogP contribution in [0.3, 0.4) is 0 Å². The van der Waals surface area contributed by atoms with Gasteiger partial charge in [0.1, 0.15) is 5.82 Å². The topological polar surface area (TPSA) is 33.1 Å². The van der Waals surface area contributed by atoms with E-state index in [4.69, 9.17) is 0 Å². The van der Waals surface area contributed by atoms with Crippen molar-refractivity contribution in [2.75, 3.05) is 0 Å². The van der Waals surface area contributed by atoms with Gasteiger partial charge in [0.25, 0.3) is 0 Å². The minimum atomic E-state index is -1.13. The van der Waals surface area contributed by atoms with Gasteiger partial charge in [-0.3, -0.25) is 4.98 Å². The standard InChI is InChI=1S/C8H10FNO/c1-8(2,11)6-3-4-10-5-7(6)9/h3-5,11H,1-2H3. The summed E-state index contributed by atoms with van der Waals surface area (Å²) in [6.07, 6.45) is 2.55. The van der Waals surface area contributed by atoms with Crippen LogP contribution in [0.5, 0.6) is 0 Å². The molecule has 0 saturated heterocycles. The Morgan fingerprint density at radius 3 is 2.55 bits per heavy atom. The van der Waals surface area contributed by atoms with Crippen molar-refractivity contribution in [1.29, 1.82) is 0 Å². The molecule has 2 nitrogen and oxygen atoms in total. The third kappa shape index (κ3) is 1.74. The molecule has 0 aliphatic rings. The fraction of sp³-hybridized carbons (Fsp3) is 0.375. The number of hydrogen-bond acceptors (Lipinski definition) is 2. The number of aromatic nitrogens is 1. The lowest BCUT2D eigenvalue weighted by Gasteiger charge is -2.17. The molecule has 0 amide bonds. The Morgan fingerprint density at radius 2 is 2.18 bits per heavy atom. The number of rotatable bonds is 1. The highest BCUT2D eigenvalue weighted by Gasteiger charge is 2.19. The molecular formula is C8H10FNO. The highest BCUT2D eigenvalue weighted by atomic mass is 19.1. The maximum Gasteiger partial charge on any atom is 0.147 e. The highest BCUT2D eigenvalue weighted by Crippen LogP contribution is 2.20. The summed E-state index contributed by atoms with van der Waals surface area (Å²) in [5, 5.41) is 9.40. The summed E-state index contributed by atoms with van der Waals surface area (Å²) in [5.74, 6) is -0.472. The van der Waals surface area contributed by atoms with Gasteiger partial charge in [-0.25, -0.2) is 4.39 Å². The molecule has 0 aliphatic heterocycles. The first-order valence-electron chi connectivity index (χ1n) is 3.34. The Labute approximate surface area is 64.7 Å². The molecule has 0 unspecified atom stereocenters. The second-order valence-corrected chi connectivity index (χ2v) is 2.91. The van der Waals surface area contributed by atoms with Crippen LogP contribution in [0, 0.1) is 5.82 Å². The molecule has 11 heavy (non-hydrogen) atoms. The van der Waals surface area contributed by atoms with E-state index in [1.54, 1.807) is 0 Å². The quantitative estimate of drug-likeness (QED) is 0.665. The molecule has 1 aromatic heterocycles. The lowest BCUT2D eigenvalue weighted by Crippen LogP contribution is -2.17. The van der Waals surface area contributed by atoms with Gasteiger partial charge in [-0.1, -0.05) is 0 Å². The largest absolute Gasteiger partial charge is 0.386 e. The lowest BCUT2D eigenvalue weighted by atomic mass is 10.00. The molecule has 60 valence electrons. The van der Waals surface area contributed by atoms with E-state index in [9.17, 15) is 9.50 Å². The van der Waals surface area contributed by atoms with Gasteiger partial charge in [-0.05, 0) is 19.9 Å². The predicted molar refractivity (Wildman–Crippen MR) is 39.4 cm³/mol. The average molecular weight is 155 g/mol. The van der Waals surface area contributed by atoms with Crippen molar-refractivity contribution in [1.82, 2.24) is 4.98 Å². The Hall–Kier alpha value is -0.960. The molecule has 0 atom stereocenters. The minimum Gasteiger partial charge on any atom is -0.386 e. The van der Waals surface area contributed by atoms with E-state index < -0.39 is 11.4 Å². The molecule has 1 heterocycles. The normalized spacial score (nSPS) is 11.6. The molecule has 0 aromatic carbocycles. The first kappa shape index (κ1) is 8.14. The summed E-state index contributed by atoms with van der Waals surface area (Å²) < 4.78 is 12.9. The Morgan fingerprint density at radius 1 is 1.55 bits per heavy atom. The summed E-state index contributed by atoms with van der Waals surface area (Å²) in [6.45, 7) is 3.07. The van der Waals surface area contributed by atoms with Crippen molar-refractivity contribution in [3.05, 3.63) is 29.8 Å². The van der Waals surface area contributed by atoms with E-state index in [1.165, 1.54) is 26.1 Å². The van der Waals surface area contributed by atoms with E-state index in [0.29, 0.717) is 0 Å². The molecule has 0 aliphatic carbocycles. The summed E-state index contributed by atoms with van der Waals surface area (Å²) in [5.41, 5.74) is -0.861. The molecular weight excluding hydrogens is 145 g/mol. The zero-order chi connectivity index (χ0) is 8.48. The fourth-order valence-corrected chi connectivity index (χ4v) is 0.871. The van der Waals surface area contributed by atoms with E-state index >= 15 is 0 Å². The smallest absolute Gasteiger partial charge is 0.147 e. The van der Waals surface area contributed by atoms with Crippen molar-refractivity contribution in [3.63, 3.8) is 0 Å². The van der Waals surface area contributed by atoms with Crippen molar-refractivity contribution in [2.24, 2.45) is 0 Å². The van der Waals surface area contributed by atoms with Crippen molar-refractivity contribution >= 4 is 0 Å². The minimum absolute atomic E-state index is 0.271. The third-order valence-electron chi connectivity index (χ3n) is 1.43. The summed E-state index contributed by atoms with van der Waals surface area (Å²) in [7, 11) is 0. The number of pyridine rings is 1. The summed E-state index contributed by atoms with van der Waals surface area (Å²) in [4.78, 5) is 3.57. The van der Waals surface area contributed by atoms with Crippen LogP contribution in [0.1, 0.15) is 19.4 Å². The summed E-state index contributed by atoms with van der Waals surface area (Å²) >= 11 is 0. The van der Waals surface area contributed by atoms with Crippen LogP contribution in [0.2, 0.25) is 0 Å². The maximum atomic E-state index is 12.9.